The van der Waals surface area contributed by atoms with Crippen LogP contribution in [0.4, 0.5) is 15.3 Å². The van der Waals surface area contributed by atoms with Gasteiger partial charge >= 0.3 is 12.2 Å². The zero-order chi connectivity index (χ0) is 38.1. The Hall–Kier alpha value is -5.26. The van der Waals surface area contributed by atoms with Crippen LogP contribution in [0.25, 0.3) is 0 Å². The van der Waals surface area contributed by atoms with Gasteiger partial charge in [0.2, 0.25) is 23.6 Å². The Morgan fingerprint density at radius 3 is 2.04 bits per heavy atom. The molecule has 52 heavy (non-hydrogen) atoms. The maximum Gasteiger partial charge on any atom is 0.407 e. The number of aliphatic hydroxyl groups is 1. The van der Waals surface area contributed by atoms with Gasteiger partial charge in [-0.05, 0) is 56.4 Å². The molecular weight excluding hydrogens is 680 g/mol. The topological polar surface area (TPSA) is 232 Å². The van der Waals surface area contributed by atoms with Crippen LogP contribution < -0.4 is 31.9 Å². The molecule has 17 nitrogen and oxygen atoms in total. The molecule has 0 spiro atoms. The van der Waals surface area contributed by atoms with E-state index >= 15 is 0 Å². The number of amides is 6. The Labute approximate surface area is 302 Å². The third-order valence-corrected chi connectivity index (χ3v) is 7.27. The average molecular weight is 731 g/mol. The van der Waals surface area contributed by atoms with Crippen molar-refractivity contribution < 1.29 is 52.8 Å². The number of carbonyl (C=O) groups excluding carboxylic acids is 6. The van der Waals surface area contributed by atoms with Crippen molar-refractivity contribution in [3.63, 3.8) is 0 Å². The SMILES string of the molecule is COC(=O)NCCOCCOCC(=O)N[C@@H](CCCCNC(=O)OCc1ccccc1)C(=O)NC(C)C(=O)N[C@@H](C)C(=O)Nc1ccc(CO)cc1. The fourth-order valence-corrected chi connectivity index (χ4v) is 4.35. The average Bonchev–Trinajstić information content (AvgIpc) is 3.14. The van der Waals surface area contributed by atoms with Crippen LogP contribution in [0.15, 0.2) is 54.6 Å². The summed E-state index contributed by atoms with van der Waals surface area (Å²) < 4.78 is 20.3. The molecule has 2 aromatic carbocycles. The number of benzene rings is 2. The standard InChI is InChI=1S/C35H50N6O11/c1-24(31(44)38-25(2)32(45)40-28-14-12-26(21-42)13-15-28)39-33(46)29(41-30(43)23-51-20-19-50-18-17-37-34(47)49-3)11-7-8-16-36-35(48)52-22-27-9-5-4-6-10-27/h4-6,9-10,12-15,24-25,29,42H,7-8,11,16-23H2,1-3H3,(H,36,48)(H,37,47)(H,38,44)(H,39,46)(H,40,45)(H,41,43)/t24?,25-,29-/m0/s1. The summed E-state index contributed by atoms with van der Waals surface area (Å²) in [6.45, 7) is 3.48. The number of nitrogens with one attached hydrogen (secondary N) is 6. The van der Waals surface area contributed by atoms with E-state index in [0.29, 0.717) is 24.1 Å². The molecule has 0 aliphatic carbocycles. The van der Waals surface area contributed by atoms with Gasteiger partial charge in [0.25, 0.3) is 0 Å². The molecule has 0 bridgehead atoms. The maximum atomic E-state index is 13.3. The van der Waals surface area contributed by atoms with Gasteiger partial charge < -0.3 is 56.0 Å². The molecule has 0 aliphatic heterocycles. The molecule has 0 heterocycles. The molecular formula is C35H50N6O11. The summed E-state index contributed by atoms with van der Waals surface area (Å²) in [7, 11) is 1.25. The number of aliphatic hydroxyl groups excluding tert-OH is 1. The van der Waals surface area contributed by atoms with Crippen molar-refractivity contribution in [2.75, 3.05) is 51.9 Å². The van der Waals surface area contributed by atoms with Crippen molar-refractivity contribution in [1.82, 2.24) is 26.6 Å². The van der Waals surface area contributed by atoms with Gasteiger partial charge in [-0.15, -0.1) is 0 Å². The van der Waals surface area contributed by atoms with Crippen molar-refractivity contribution in [3.05, 3.63) is 65.7 Å². The molecule has 0 fully saturated rings. The molecule has 2 rings (SSSR count). The van der Waals surface area contributed by atoms with Crippen LogP contribution in [0, 0.1) is 0 Å². The summed E-state index contributed by atoms with van der Waals surface area (Å²) in [6, 6.07) is 12.7. The first-order valence-electron chi connectivity index (χ1n) is 16.8. The first-order chi connectivity index (χ1) is 25.0. The monoisotopic (exact) mass is 730 g/mol. The zero-order valence-corrected chi connectivity index (χ0v) is 29.7. The number of alkyl carbamates (subject to hydrolysis) is 2. The van der Waals surface area contributed by atoms with E-state index in [0.717, 1.165) is 5.56 Å². The number of methoxy groups -OCH3 is 1. The molecule has 7 N–H and O–H groups in total. The minimum Gasteiger partial charge on any atom is -0.453 e. The van der Waals surface area contributed by atoms with Gasteiger partial charge in [0.15, 0.2) is 0 Å². The molecule has 286 valence electrons. The fraction of sp³-hybridized carbons (Fsp3) is 0.486. The van der Waals surface area contributed by atoms with Crippen molar-refractivity contribution in [1.29, 1.82) is 0 Å². The highest BCUT2D eigenvalue weighted by Gasteiger charge is 2.26. The van der Waals surface area contributed by atoms with Gasteiger partial charge in [0.05, 0.1) is 33.5 Å². The van der Waals surface area contributed by atoms with E-state index in [1.54, 1.807) is 24.3 Å². The molecule has 17 heteroatoms. The number of unbranched alkanes of at least 4 members (excludes halogenated alkanes) is 1. The lowest BCUT2D eigenvalue weighted by atomic mass is 10.1. The first kappa shape index (κ1) is 42.9. The maximum absolute atomic E-state index is 13.3. The number of ether oxygens (including phenoxy) is 4. The van der Waals surface area contributed by atoms with E-state index in [1.807, 2.05) is 30.3 Å². The molecule has 3 atom stereocenters. The normalized spacial score (nSPS) is 12.3. The molecule has 2 aromatic rings. The first-order valence-corrected chi connectivity index (χ1v) is 16.8. The largest absolute Gasteiger partial charge is 0.453 e. The smallest absolute Gasteiger partial charge is 0.407 e. The second kappa shape index (κ2) is 24.8. The third-order valence-electron chi connectivity index (χ3n) is 7.27. The Kier molecular flexibility index (Phi) is 20.5. The second-order valence-electron chi connectivity index (χ2n) is 11.5. The molecule has 1 unspecified atom stereocenters. The van der Waals surface area contributed by atoms with Crippen LogP contribution in [0.2, 0.25) is 0 Å². The summed E-state index contributed by atoms with van der Waals surface area (Å²) in [6.07, 6.45) is -0.110. The van der Waals surface area contributed by atoms with Gasteiger partial charge in [-0.1, -0.05) is 42.5 Å². The van der Waals surface area contributed by atoms with Crippen LogP contribution in [-0.4, -0.2) is 106 Å². The van der Waals surface area contributed by atoms with Crippen molar-refractivity contribution in [3.8, 4) is 0 Å². The van der Waals surface area contributed by atoms with Gasteiger partial charge in [0.1, 0.15) is 31.3 Å². The van der Waals surface area contributed by atoms with E-state index in [1.165, 1.54) is 21.0 Å². The number of anilines is 1. The minimum absolute atomic E-state index is 0.0749. The quantitative estimate of drug-likeness (QED) is 0.0801. The minimum atomic E-state index is -1.06. The van der Waals surface area contributed by atoms with E-state index in [-0.39, 0.29) is 59.2 Å². The van der Waals surface area contributed by atoms with Gasteiger partial charge in [0, 0.05) is 18.8 Å². The van der Waals surface area contributed by atoms with Gasteiger partial charge in [-0.25, -0.2) is 9.59 Å². The zero-order valence-electron chi connectivity index (χ0n) is 29.7. The van der Waals surface area contributed by atoms with E-state index in [9.17, 15) is 33.9 Å². The van der Waals surface area contributed by atoms with Crippen LogP contribution in [0.5, 0.6) is 0 Å². The van der Waals surface area contributed by atoms with Crippen molar-refractivity contribution >= 4 is 41.5 Å². The highest BCUT2D eigenvalue weighted by atomic mass is 16.6. The predicted octanol–water partition coefficient (Wildman–Crippen LogP) is 1.10. The Bertz CT molecular complexity index is 1410. The summed E-state index contributed by atoms with van der Waals surface area (Å²) >= 11 is 0. The lowest BCUT2D eigenvalue weighted by molar-refractivity contribution is -0.134. The number of carbonyl (C=O) groups is 6. The van der Waals surface area contributed by atoms with Crippen LogP contribution in [-0.2, 0) is 51.3 Å². The lowest BCUT2D eigenvalue weighted by Gasteiger charge is -2.22. The molecule has 0 radical (unpaired) electrons. The van der Waals surface area contributed by atoms with Crippen LogP contribution in [0.1, 0.15) is 44.2 Å². The molecule has 6 amide bonds. The lowest BCUT2D eigenvalue weighted by Crippen LogP contribution is -2.55. The number of hydrogen-bond donors (Lipinski definition) is 7. The Balaban J connectivity index is 1.84. The van der Waals surface area contributed by atoms with E-state index < -0.39 is 53.9 Å². The third kappa shape index (κ3) is 18.1. The van der Waals surface area contributed by atoms with E-state index in [2.05, 4.69) is 36.6 Å². The van der Waals surface area contributed by atoms with Crippen LogP contribution >= 0.6 is 0 Å². The predicted molar refractivity (Wildman–Crippen MR) is 189 cm³/mol. The van der Waals surface area contributed by atoms with Crippen LogP contribution in [0.3, 0.4) is 0 Å². The molecule has 0 aliphatic rings. The summed E-state index contributed by atoms with van der Waals surface area (Å²) in [5.74, 6) is -2.33. The van der Waals surface area contributed by atoms with E-state index in [4.69, 9.17) is 14.2 Å². The number of rotatable bonds is 23. The highest BCUT2D eigenvalue weighted by molar-refractivity contribution is 5.98. The Morgan fingerprint density at radius 1 is 0.692 bits per heavy atom. The summed E-state index contributed by atoms with van der Waals surface area (Å²) in [5, 5.41) is 24.7. The van der Waals surface area contributed by atoms with Crippen molar-refractivity contribution in [2.24, 2.45) is 0 Å². The Morgan fingerprint density at radius 2 is 1.35 bits per heavy atom. The second-order valence-corrected chi connectivity index (χ2v) is 11.5. The van der Waals surface area contributed by atoms with Gasteiger partial charge in [-0.2, -0.15) is 0 Å². The number of hydrogen-bond acceptors (Lipinski definition) is 11. The summed E-state index contributed by atoms with van der Waals surface area (Å²) in [5.41, 5.74) is 2.00. The molecule has 0 saturated heterocycles. The molecule has 0 aromatic heterocycles. The van der Waals surface area contributed by atoms with Crippen molar-refractivity contribution in [2.45, 2.75) is 64.4 Å². The summed E-state index contributed by atoms with van der Waals surface area (Å²) in [4.78, 5) is 74.5. The van der Waals surface area contributed by atoms with Gasteiger partial charge in [-0.3, -0.25) is 19.2 Å². The molecule has 0 saturated carbocycles. The fourth-order valence-electron chi connectivity index (χ4n) is 4.35. The highest BCUT2D eigenvalue weighted by Crippen LogP contribution is 2.10.